The monoisotopic (exact) mass is 611 g/mol. The van der Waals surface area contributed by atoms with Gasteiger partial charge in [0.2, 0.25) is 5.95 Å². The summed E-state index contributed by atoms with van der Waals surface area (Å²) < 4.78 is 38.9. The third-order valence-corrected chi connectivity index (χ3v) is 9.12. The molecule has 3 aliphatic heterocycles. The SMILES string of the molecule is Nc1nc2c(ncn2[C@@H]2OC3CC[C@H]4[C@H](Cl)[C@H](n5cnc6c(=O)[nH]cnc65)O[C@@H]4COP(=O)(O)O[C@@H]2[C@@H]3O)c(=O)[nH]1. The van der Waals surface area contributed by atoms with Crippen molar-refractivity contribution in [3.63, 3.8) is 0 Å². The smallest absolute Gasteiger partial charge is 0.387 e. The molecule has 20 heteroatoms. The van der Waals surface area contributed by atoms with Gasteiger partial charge in [0.05, 0.1) is 43.2 Å². The van der Waals surface area contributed by atoms with E-state index in [-0.39, 0.29) is 41.3 Å². The molecule has 2 bridgehead atoms. The Bertz CT molecular complexity index is 1810. The van der Waals surface area contributed by atoms with Gasteiger partial charge in [0, 0.05) is 5.92 Å². The molecule has 0 aliphatic carbocycles. The lowest BCUT2D eigenvalue weighted by Gasteiger charge is -2.25. The number of aliphatic hydroxyl groups excluding tert-OH is 1. The number of nitrogens with one attached hydrogen (secondary N) is 2. The zero-order valence-corrected chi connectivity index (χ0v) is 22.5. The molecular formula is C21H23ClN9O9P. The number of hydrogen-bond acceptors (Lipinski definition) is 13. The molecule has 2 unspecified atom stereocenters. The maximum atomic E-state index is 13.1. The van der Waals surface area contributed by atoms with Crippen LogP contribution in [0.1, 0.15) is 25.3 Å². The van der Waals surface area contributed by atoms with E-state index in [9.17, 15) is 24.2 Å². The number of aliphatic hydroxyl groups is 1. The van der Waals surface area contributed by atoms with Gasteiger partial charge in [0.15, 0.2) is 34.8 Å². The summed E-state index contributed by atoms with van der Waals surface area (Å²) in [6.45, 7) is -0.362. The van der Waals surface area contributed by atoms with Crippen molar-refractivity contribution in [2.45, 2.75) is 55.1 Å². The summed E-state index contributed by atoms with van der Waals surface area (Å²) in [7, 11) is -4.81. The van der Waals surface area contributed by atoms with E-state index in [0.717, 1.165) is 0 Å². The van der Waals surface area contributed by atoms with Gasteiger partial charge < -0.3 is 30.2 Å². The minimum absolute atomic E-state index is 0.0337. The molecule has 18 nitrogen and oxygen atoms in total. The van der Waals surface area contributed by atoms with Crippen LogP contribution in [0, 0.1) is 5.92 Å². The molecule has 4 aromatic heterocycles. The Morgan fingerprint density at radius 1 is 1.02 bits per heavy atom. The van der Waals surface area contributed by atoms with E-state index in [4.69, 9.17) is 35.9 Å². The normalized spacial score (nSPS) is 36.0. The Balaban J connectivity index is 1.21. The summed E-state index contributed by atoms with van der Waals surface area (Å²) in [6, 6.07) is 0. The molecule has 218 valence electrons. The number of imidazole rings is 2. The number of anilines is 1. The topological polar surface area (TPSA) is 248 Å². The third kappa shape index (κ3) is 4.38. The van der Waals surface area contributed by atoms with Gasteiger partial charge in [0.1, 0.15) is 12.2 Å². The van der Waals surface area contributed by atoms with Crippen molar-refractivity contribution in [3.8, 4) is 0 Å². The second kappa shape index (κ2) is 9.67. The highest BCUT2D eigenvalue weighted by Crippen LogP contribution is 2.52. The highest BCUT2D eigenvalue weighted by atomic mass is 35.5. The number of nitrogen functional groups attached to an aromatic ring is 1. The van der Waals surface area contributed by atoms with Gasteiger partial charge in [-0.15, -0.1) is 11.6 Å². The lowest BCUT2D eigenvalue weighted by atomic mass is 9.92. The quantitative estimate of drug-likeness (QED) is 0.142. The largest absolute Gasteiger partial charge is 0.472 e. The summed E-state index contributed by atoms with van der Waals surface area (Å²) in [5, 5.41) is 10.5. The first-order valence-electron chi connectivity index (χ1n) is 12.5. The number of alkyl halides is 1. The van der Waals surface area contributed by atoms with Crippen LogP contribution in [0.2, 0.25) is 0 Å². The Morgan fingerprint density at radius 2 is 1.73 bits per heavy atom. The third-order valence-electron chi connectivity index (χ3n) is 7.59. The fraction of sp³-hybridized carbons (Fsp3) is 0.524. The summed E-state index contributed by atoms with van der Waals surface area (Å²) in [5.41, 5.74) is 5.02. The van der Waals surface area contributed by atoms with Crippen LogP contribution in [0.5, 0.6) is 0 Å². The number of H-pyrrole nitrogens is 2. The Kier molecular flexibility index (Phi) is 6.29. The number of nitrogens with zero attached hydrogens (tertiary/aromatic N) is 6. The molecule has 4 aromatic rings. The van der Waals surface area contributed by atoms with Crippen LogP contribution in [-0.4, -0.2) is 85.4 Å². The van der Waals surface area contributed by atoms with Gasteiger partial charge in [-0.05, 0) is 12.8 Å². The van der Waals surface area contributed by atoms with Crippen molar-refractivity contribution in [2.24, 2.45) is 5.92 Å². The Hall–Kier alpha value is -3.22. The average Bonchev–Trinajstić information content (AvgIpc) is 3.67. The summed E-state index contributed by atoms with van der Waals surface area (Å²) >= 11 is 6.88. The van der Waals surface area contributed by atoms with Crippen molar-refractivity contribution in [3.05, 3.63) is 39.7 Å². The molecule has 0 spiro atoms. The van der Waals surface area contributed by atoms with Gasteiger partial charge in [-0.3, -0.25) is 32.8 Å². The highest BCUT2D eigenvalue weighted by Gasteiger charge is 2.52. The average molecular weight is 612 g/mol. The van der Waals surface area contributed by atoms with Gasteiger partial charge in [-0.2, -0.15) is 4.98 Å². The molecule has 7 rings (SSSR count). The number of halogens is 1. The molecule has 0 amide bonds. The van der Waals surface area contributed by atoms with Crippen LogP contribution >= 0.6 is 19.4 Å². The van der Waals surface area contributed by atoms with Crippen molar-refractivity contribution < 1.29 is 33.1 Å². The van der Waals surface area contributed by atoms with E-state index in [1.807, 2.05) is 0 Å². The number of nitrogens with two attached hydrogens (primary N) is 1. The fourth-order valence-electron chi connectivity index (χ4n) is 5.68. The van der Waals surface area contributed by atoms with Crippen LogP contribution in [-0.2, 0) is 23.1 Å². The van der Waals surface area contributed by atoms with E-state index in [1.165, 1.54) is 28.1 Å². The predicted octanol–water partition coefficient (Wildman–Crippen LogP) is -0.490. The summed E-state index contributed by atoms with van der Waals surface area (Å²) in [4.78, 5) is 56.3. The fourth-order valence-corrected chi connectivity index (χ4v) is 7.08. The second-order valence-corrected chi connectivity index (χ2v) is 11.9. The van der Waals surface area contributed by atoms with E-state index in [2.05, 4.69) is 29.9 Å². The molecular weight excluding hydrogens is 589 g/mol. The van der Waals surface area contributed by atoms with Crippen molar-refractivity contribution in [1.82, 2.24) is 39.0 Å². The van der Waals surface area contributed by atoms with Crippen molar-refractivity contribution in [2.75, 3.05) is 12.3 Å². The number of hydrogen-bond donors (Lipinski definition) is 5. The first-order valence-corrected chi connectivity index (χ1v) is 14.5. The second-order valence-electron chi connectivity index (χ2n) is 9.97. The highest BCUT2D eigenvalue weighted by molar-refractivity contribution is 7.47. The van der Waals surface area contributed by atoms with E-state index in [1.54, 1.807) is 0 Å². The van der Waals surface area contributed by atoms with Crippen LogP contribution < -0.4 is 16.9 Å². The van der Waals surface area contributed by atoms with Crippen molar-refractivity contribution >= 4 is 47.7 Å². The number of ether oxygens (including phenoxy) is 2. The lowest BCUT2D eigenvalue weighted by Crippen LogP contribution is -2.34. The molecule has 7 heterocycles. The van der Waals surface area contributed by atoms with Crippen molar-refractivity contribution in [1.29, 1.82) is 0 Å². The van der Waals surface area contributed by atoms with Crippen LogP contribution in [0.15, 0.2) is 28.6 Å². The molecule has 9 atom stereocenters. The van der Waals surface area contributed by atoms with Crippen LogP contribution in [0.4, 0.5) is 5.95 Å². The number of aromatic nitrogens is 8. The molecule has 0 saturated carbocycles. The molecule has 0 aromatic carbocycles. The first-order chi connectivity index (χ1) is 19.6. The van der Waals surface area contributed by atoms with E-state index < -0.39 is 67.1 Å². The lowest BCUT2D eigenvalue weighted by molar-refractivity contribution is -0.0566. The number of phosphoric acid groups is 1. The number of phosphoric ester groups is 1. The van der Waals surface area contributed by atoms with Gasteiger partial charge in [-0.1, -0.05) is 0 Å². The number of fused-ring (bicyclic) bond motifs is 5. The zero-order chi connectivity index (χ0) is 28.6. The van der Waals surface area contributed by atoms with E-state index in [0.29, 0.717) is 6.42 Å². The minimum atomic E-state index is -4.81. The summed E-state index contributed by atoms with van der Waals surface area (Å²) in [5.74, 6) is -0.621. The maximum absolute atomic E-state index is 13.1. The molecule has 0 radical (unpaired) electrons. The van der Waals surface area contributed by atoms with Crippen LogP contribution in [0.3, 0.4) is 0 Å². The molecule has 41 heavy (non-hydrogen) atoms. The van der Waals surface area contributed by atoms with Crippen LogP contribution in [0.25, 0.3) is 22.3 Å². The number of rotatable bonds is 2. The Morgan fingerprint density at radius 3 is 2.51 bits per heavy atom. The predicted molar refractivity (Wildman–Crippen MR) is 138 cm³/mol. The van der Waals surface area contributed by atoms with Gasteiger partial charge >= 0.3 is 7.82 Å². The molecule has 3 fully saturated rings. The molecule has 3 saturated heterocycles. The number of aromatic amines is 2. The summed E-state index contributed by atoms with van der Waals surface area (Å²) in [6.07, 6.45) is -1.97. The molecule has 3 aliphatic rings. The van der Waals surface area contributed by atoms with Gasteiger partial charge in [-0.25, -0.2) is 19.5 Å². The maximum Gasteiger partial charge on any atom is 0.472 e. The van der Waals surface area contributed by atoms with Gasteiger partial charge in [0.25, 0.3) is 11.1 Å². The first kappa shape index (κ1) is 26.7. The standard InChI is InChI=1S/C21H23ClN9O9P/c22-10-7-1-2-8-13(32)14(20(38-8)31-6-27-12-16(31)28-21(23)29-18(12)34)40-41(35,36)37-3-9(7)39-19(10)30-5-26-11-15(30)24-4-25-17(11)33/h4-10,13-14,19-20,32H,1-3H2,(H,35,36)(H,24,25,33)(H3,23,28,29,34)/t7-,8?,9-,10+,13-,14-,19-,20-/m1/s1. The Labute approximate surface area is 233 Å². The molecule has 6 N–H and O–H groups in total. The van der Waals surface area contributed by atoms with E-state index >= 15 is 0 Å². The zero-order valence-electron chi connectivity index (χ0n) is 20.8. The minimum Gasteiger partial charge on any atom is -0.387 e.